The van der Waals surface area contributed by atoms with Crippen molar-refractivity contribution in [2.24, 2.45) is 5.73 Å². The van der Waals surface area contributed by atoms with Gasteiger partial charge >= 0.3 is 0 Å². The van der Waals surface area contributed by atoms with Crippen LogP contribution in [0.3, 0.4) is 0 Å². The lowest BCUT2D eigenvalue weighted by Crippen LogP contribution is -2.32. The van der Waals surface area contributed by atoms with E-state index in [2.05, 4.69) is 18.7 Å². The van der Waals surface area contributed by atoms with E-state index in [0.29, 0.717) is 33.0 Å². The summed E-state index contributed by atoms with van der Waals surface area (Å²) in [5, 5.41) is 0.495. The van der Waals surface area contributed by atoms with Crippen LogP contribution in [0.25, 0.3) is 21.6 Å². The molecule has 0 atom stereocenters. The number of rotatable bonds is 7. The fourth-order valence-electron chi connectivity index (χ4n) is 3.44. The number of carbonyl (C=O) groups excluding carboxylic acids is 1. The highest BCUT2D eigenvalue weighted by Gasteiger charge is 2.21. The highest BCUT2D eigenvalue weighted by Crippen LogP contribution is 2.29. The smallest absolute Gasteiger partial charge is 0.262 e. The molecule has 0 fully saturated rings. The fourth-order valence-corrected chi connectivity index (χ4v) is 4.47. The zero-order chi connectivity index (χ0) is 20.4. The number of carbonyl (C=O) groups is 1. The SMILES string of the molecule is CCN(CC)CCn1c(-c2cccc(C)c2)nc2sc(C(N)=O)c(C)c2c1=O. The molecule has 2 aromatic heterocycles. The van der Waals surface area contributed by atoms with Crippen LogP contribution in [-0.4, -0.2) is 40.0 Å². The van der Waals surface area contributed by atoms with Gasteiger partial charge in [0.05, 0.1) is 10.3 Å². The van der Waals surface area contributed by atoms with E-state index in [1.54, 1.807) is 11.5 Å². The number of nitrogens with two attached hydrogens (primary N) is 1. The Bertz CT molecular complexity index is 1080. The molecule has 2 heterocycles. The molecule has 0 aliphatic rings. The molecule has 0 unspecified atom stereocenters. The molecular formula is C21H26N4O2S. The average Bonchev–Trinajstić information content (AvgIpc) is 3.01. The van der Waals surface area contributed by atoms with Crippen LogP contribution in [0.15, 0.2) is 29.1 Å². The molecule has 2 N–H and O–H groups in total. The van der Waals surface area contributed by atoms with Crippen LogP contribution >= 0.6 is 11.3 Å². The van der Waals surface area contributed by atoms with Crippen LogP contribution in [-0.2, 0) is 6.54 Å². The Morgan fingerprint density at radius 1 is 1.25 bits per heavy atom. The average molecular weight is 399 g/mol. The highest BCUT2D eigenvalue weighted by atomic mass is 32.1. The molecule has 0 radical (unpaired) electrons. The topological polar surface area (TPSA) is 81.2 Å². The van der Waals surface area contributed by atoms with Gasteiger partial charge in [0.15, 0.2) is 0 Å². The van der Waals surface area contributed by atoms with Gasteiger partial charge in [0.25, 0.3) is 11.5 Å². The number of thiophene rings is 1. The largest absolute Gasteiger partial charge is 0.365 e. The van der Waals surface area contributed by atoms with Gasteiger partial charge in [-0.3, -0.25) is 14.2 Å². The molecule has 6 nitrogen and oxygen atoms in total. The number of nitrogens with zero attached hydrogens (tertiary/aromatic N) is 3. The second-order valence-electron chi connectivity index (χ2n) is 6.89. The molecule has 148 valence electrons. The molecule has 3 rings (SSSR count). The Labute approximate surface area is 168 Å². The van der Waals surface area contributed by atoms with Crippen LogP contribution < -0.4 is 11.3 Å². The molecular weight excluding hydrogens is 372 g/mol. The minimum absolute atomic E-state index is 0.116. The summed E-state index contributed by atoms with van der Waals surface area (Å²) in [6, 6.07) is 7.96. The van der Waals surface area contributed by atoms with Crippen molar-refractivity contribution in [3.05, 3.63) is 50.6 Å². The van der Waals surface area contributed by atoms with Crippen molar-refractivity contribution in [2.45, 2.75) is 34.2 Å². The van der Waals surface area contributed by atoms with E-state index in [1.165, 1.54) is 11.3 Å². The lowest BCUT2D eigenvalue weighted by atomic mass is 10.1. The minimum atomic E-state index is -0.522. The molecule has 7 heteroatoms. The number of primary amides is 1. The molecule has 0 aliphatic heterocycles. The first kappa shape index (κ1) is 20.2. The summed E-state index contributed by atoms with van der Waals surface area (Å²) in [4.78, 5) is 33.2. The van der Waals surface area contributed by atoms with Gasteiger partial charge in [0.1, 0.15) is 10.7 Å². The summed E-state index contributed by atoms with van der Waals surface area (Å²) in [5.74, 6) is 0.109. The Hall–Kier alpha value is -2.51. The van der Waals surface area contributed by atoms with Gasteiger partial charge in [-0.2, -0.15) is 0 Å². The van der Waals surface area contributed by atoms with Crippen LogP contribution in [0.4, 0.5) is 0 Å². The van der Waals surface area contributed by atoms with Crippen LogP contribution in [0, 0.1) is 13.8 Å². The first-order chi connectivity index (χ1) is 13.4. The molecule has 0 spiro atoms. The maximum absolute atomic E-state index is 13.4. The molecule has 0 aliphatic carbocycles. The quantitative estimate of drug-likeness (QED) is 0.663. The number of likely N-dealkylation sites (N-methyl/N-ethyl adjacent to an activating group) is 1. The molecule has 1 amide bonds. The van der Waals surface area contributed by atoms with Crippen molar-refractivity contribution in [1.82, 2.24) is 14.5 Å². The predicted molar refractivity (Wildman–Crippen MR) is 115 cm³/mol. The minimum Gasteiger partial charge on any atom is -0.365 e. The number of fused-ring (bicyclic) bond motifs is 1. The van der Waals surface area contributed by atoms with E-state index >= 15 is 0 Å². The van der Waals surface area contributed by atoms with Crippen molar-refractivity contribution in [1.29, 1.82) is 0 Å². The third-order valence-electron chi connectivity index (χ3n) is 5.08. The molecule has 1 aromatic carbocycles. The number of aryl methyl sites for hydroxylation is 2. The highest BCUT2D eigenvalue weighted by molar-refractivity contribution is 7.20. The predicted octanol–water partition coefficient (Wildman–Crippen LogP) is 3.18. The maximum Gasteiger partial charge on any atom is 0.262 e. The van der Waals surface area contributed by atoms with Crippen LogP contribution in [0.5, 0.6) is 0 Å². The van der Waals surface area contributed by atoms with Gasteiger partial charge in [0.2, 0.25) is 0 Å². The summed E-state index contributed by atoms with van der Waals surface area (Å²) in [7, 11) is 0. The number of hydrogen-bond donors (Lipinski definition) is 1. The second-order valence-corrected chi connectivity index (χ2v) is 7.89. The number of aromatic nitrogens is 2. The lowest BCUT2D eigenvalue weighted by molar-refractivity contribution is 0.100. The van der Waals surface area contributed by atoms with Gasteiger partial charge < -0.3 is 10.6 Å². The van der Waals surface area contributed by atoms with Gasteiger partial charge in [-0.15, -0.1) is 11.3 Å². The monoisotopic (exact) mass is 398 g/mol. The molecule has 0 bridgehead atoms. The summed E-state index contributed by atoms with van der Waals surface area (Å²) < 4.78 is 1.74. The zero-order valence-electron chi connectivity index (χ0n) is 16.8. The van der Waals surface area contributed by atoms with Crippen LogP contribution in [0.1, 0.15) is 34.6 Å². The van der Waals surface area contributed by atoms with Gasteiger partial charge in [0, 0.05) is 18.7 Å². The maximum atomic E-state index is 13.4. The van der Waals surface area contributed by atoms with Gasteiger partial charge in [-0.1, -0.05) is 37.6 Å². The zero-order valence-corrected chi connectivity index (χ0v) is 17.6. The molecule has 28 heavy (non-hydrogen) atoms. The van der Waals surface area contributed by atoms with Gasteiger partial charge in [-0.25, -0.2) is 4.98 Å². The van der Waals surface area contributed by atoms with Crippen molar-refractivity contribution in [2.75, 3.05) is 19.6 Å². The molecule has 0 saturated carbocycles. The number of hydrogen-bond acceptors (Lipinski definition) is 5. The van der Waals surface area contributed by atoms with E-state index < -0.39 is 5.91 Å². The Balaban J connectivity index is 2.25. The summed E-state index contributed by atoms with van der Waals surface area (Å²) in [6.45, 7) is 11.1. The molecule has 3 aromatic rings. The van der Waals surface area contributed by atoms with Crippen molar-refractivity contribution < 1.29 is 4.79 Å². The van der Waals surface area contributed by atoms with Gasteiger partial charge in [-0.05, 0) is 38.6 Å². The summed E-state index contributed by atoms with van der Waals surface area (Å²) >= 11 is 1.19. The van der Waals surface area contributed by atoms with E-state index in [4.69, 9.17) is 10.7 Å². The first-order valence-electron chi connectivity index (χ1n) is 9.50. The third kappa shape index (κ3) is 3.72. The summed E-state index contributed by atoms with van der Waals surface area (Å²) in [5.41, 5.74) is 8.00. The standard InChI is InChI=1S/C21H26N4O2S/c1-5-24(6-2)10-11-25-19(15-9-7-8-13(3)12-15)23-20-16(21(25)27)14(4)17(28-20)18(22)26/h7-9,12H,5-6,10-11H2,1-4H3,(H2,22,26). The van der Waals surface area contributed by atoms with E-state index in [1.807, 2.05) is 31.2 Å². The Morgan fingerprint density at radius 3 is 2.57 bits per heavy atom. The second kappa shape index (κ2) is 8.24. The van der Waals surface area contributed by atoms with Crippen molar-refractivity contribution in [3.63, 3.8) is 0 Å². The number of amides is 1. The lowest BCUT2D eigenvalue weighted by Gasteiger charge is -2.20. The normalized spacial score (nSPS) is 11.5. The third-order valence-corrected chi connectivity index (χ3v) is 6.28. The van der Waals surface area contributed by atoms with E-state index in [9.17, 15) is 9.59 Å². The van der Waals surface area contributed by atoms with E-state index in [-0.39, 0.29) is 5.56 Å². The van der Waals surface area contributed by atoms with E-state index in [0.717, 1.165) is 30.8 Å². The Kier molecular flexibility index (Phi) is 5.96. The first-order valence-corrected chi connectivity index (χ1v) is 10.3. The number of benzene rings is 1. The van der Waals surface area contributed by atoms with Crippen molar-refractivity contribution in [3.8, 4) is 11.4 Å². The molecule has 0 saturated heterocycles. The summed E-state index contributed by atoms with van der Waals surface area (Å²) in [6.07, 6.45) is 0. The Morgan fingerprint density at radius 2 is 1.96 bits per heavy atom. The van der Waals surface area contributed by atoms with Crippen molar-refractivity contribution >= 4 is 27.5 Å². The van der Waals surface area contributed by atoms with Crippen LogP contribution in [0.2, 0.25) is 0 Å². The fraction of sp³-hybridized carbons (Fsp3) is 0.381.